The van der Waals surface area contributed by atoms with Crippen molar-refractivity contribution in [3.05, 3.63) is 16.8 Å². The van der Waals surface area contributed by atoms with Crippen molar-refractivity contribution in [3.8, 4) is 0 Å². The van der Waals surface area contributed by atoms with Gasteiger partial charge in [-0.05, 0) is 11.6 Å². The average Bonchev–Trinajstić information content (AvgIpc) is 2.64. The van der Waals surface area contributed by atoms with E-state index in [4.69, 9.17) is 32.7 Å². The number of hydrogen-bond acceptors (Lipinski definition) is 9. The minimum Gasteiger partial charge on any atom is -0.377 e. The van der Waals surface area contributed by atoms with Gasteiger partial charge < -0.3 is 14.4 Å². The molecule has 2 fully saturated rings. The van der Waals surface area contributed by atoms with E-state index in [9.17, 15) is 8.42 Å². The Hall–Kier alpha value is -1.33. The van der Waals surface area contributed by atoms with E-state index in [0.29, 0.717) is 29.9 Å². The number of hydrogen-bond donors (Lipinski definition) is 0. The first kappa shape index (κ1) is 19.4. The van der Waals surface area contributed by atoms with Gasteiger partial charge in [-0.15, -0.1) is 0 Å². The average molecular weight is 422 g/mol. The van der Waals surface area contributed by atoms with Crippen molar-refractivity contribution in [2.24, 2.45) is 0 Å². The van der Waals surface area contributed by atoms with Gasteiger partial charge in [0.25, 0.3) is 0 Å². The number of rotatable bonds is 1. The fraction of sp³-hybridized carbons (Fsp3) is 0.571. The van der Waals surface area contributed by atoms with Crippen LogP contribution in [0.5, 0.6) is 0 Å². The lowest BCUT2D eigenvalue weighted by Crippen LogP contribution is -2.41. The van der Waals surface area contributed by atoms with E-state index in [0.717, 1.165) is 26.4 Å². The van der Waals surface area contributed by atoms with Crippen LogP contribution in [0.2, 0.25) is 10.4 Å². The van der Waals surface area contributed by atoms with Crippen molar-refractivity contribution >= 4 is 49.9 Å². The fourth-order valence-corrected chi connectivity index (χ4v) is 4.00. The lowest BCUT2D eigenvalue weighted by atomic mass is 10.3. The molecule has 0 N–H and O–H groups in total. The van der Waals surface area contributed by atoms with Crippen molar-refractivity contribution in [2.75, 3.05) is 55.9 Å². The summed E-state index contributed by atoms with van der Waals surface area (Å²) in [7, 11) is -2.97. The van der Waals surface area contributed by atoms with Gasteiger partial charge in [-0.1, -0.05) is 11.6 Å². The van der Waals surface area contributed by atoms with Crippen LogP contribution in [0, 0.1) is 0 Å². The van der Waals surface area contributed by atoms with E-state index in [2.05, 4.69) is 19.9 Å². The molecule has 0 unspecified atom stereocenters. The molecule has 0 amide bonds. The number of fused-ring (bicyclic) bond motifs is 1. The number of nitrogens with zero attached hydrogens (tertiary/aromatic N) is 5. The van der Waals surface area contributed by atoms with E-state index in [1.165, 1.54) is 6.33 Å². The van der Waals surface area contributed by atoms with E-state index >= 15 is 0 Å². The molecule has 0 saturated carbocycles. The zero-order valence-electron chi connectivity index (χ0n) is 13.8. The summed E-state index contributed by atoms with van der Waals surface area (Å²) < 4.78 is 32.8. The molecule has 0 bridgehead atoms. The Labute approximate surface area is 160 Å². The molecule has 0 radical (unpaired) electrons. The highest BCUT2D eigenvalue weighted by molar-refractivity contribution is 7.91. The molecule has 12 heteroatoms. The van der Waals surface area contributed by atoms with Crippen molar-refractivity contribution in [2.45, 2.75) is 0 Å². The summed E-state index contributed by atoms with van der Waals surface area (Å²) in [5, 5.41) is 0.211. The lowest BCUT2D eigenvalue weighted by Gasteiger charge is -2.28. The van der Waals surface area contributed by atoms with Crippen LogP contribution in [0.4, 0.5) is 5.82 Å². The number of anilines is 1. The van der Waals surface area contributed by atoms with Crippen LogP contribution in [0.3, 0.4) is 0 Å². The molecule has 4 rings (SSSR count). The molecule has 2 aliphatic heterocycles. The summed E-state index contributed by atoms with van der Waals surface area (Å²) in [6.07, 6.45) is 1.31. The van der Waals surface area contributed by atoms with Crippen LogP contribution in [-0.2, 0) is 19.3 Å². The summed E-state index contributed by atoms with van der Waals surface area (Å²) in [4.78, 5) is 18.0. The molecule has 0 atom stereocenters. The number of halogens is 2. The molecule has 0 spiro atoms. The fourth-order valence-electron chi connectivity index (χ4n) is 2.46. The Balaban J connectivity index is 0.000000278. The van der Waals surface area contributed by atoms with Crippen molar-refractivity contribution in [3.63, 3.8) is 0 Å². The van der Waals surface area contributed by atoms with Crippen LogP contribution in [-0.4, -0.2) is 79.4 Å². The first-order chi connectivity index (χ1) is 12.5. The number of ether oxygens (including phenoxy) is 2. The number of sulfone groups is 1. The van der Waals surface area contributed by atoms with Crippen molar-refractivity contribution in [1.29, 1.82) is 0 Å². The molecule has 2 saturated heterocycles. The van der Waals surface area contributed by atoms with Crippen molar-refractivity contribution in [1.82, 2.24) is 19.9 Å². The molecule has 142 valence electrons. The summed E-state index contributed by atoms with van der Waals surface area (Å²) in [5.74, 6) is 0.642. The summed E-state index contributed by atoms with van der Waals surface area (Å²) >= 11 is 11.9. The molecular formula is C14H17Cl2N5O4S. The first-order valence-corrected chi connectivity index (χ1v) is 10.5. The standard InChI is InChI=1S/C10H9Cl2N5O2S.C4H8O2/c11-8-6-7(13-5-14-8)9(16-10(12)15-6)17-1-3-20(18,19)4-2-17;1-2-6-4-3-5-1/h5H,1-4H2;1-4H2. The van der Waals surface area contributed by atoms with Crippen LogP contribution >= 0.6 is 23.2 Å². The Morgan fingerprint density at radius 2 is 1.54 bits per heavy atom. The SMILES string of the molecule is C1COCCO1.O=S1(=O)CCN(c2nc(Cl)nc3c(Cl)ncnc23)CC1. The molecule has 2 aromatic heterocycles. The summed E-state index contributed by atoms with van der Waals surface area (Å²) in [5.41, 5.74) is 0.825. The third-order valence-corrected chi connectivity index (χ3v) is 5.83. The highest BCUT2D eigenvalue weighted by Gasteiger charge is 2.25. The van der Waals surface area contributed by atoms with Crippen LogP contribution in [0.25, 0.3) is 11.0 Å². The van der Waals surface area contributed by atoms with Gasteiger partial charge in [0.15, 0.2) is 20.8 Å². The van der Waals surface area contributed by atoms with Gasteiger partial charge in [0.05, 0.1) is 37.9 Å². The van der Waals surface area contributed by atoms with E-state index in [1.807, 2.05) is 4.90 Å². The predicted octanol–water partition coefficient (Wildman–Crippen LogP) is 0.995. The van der Waals surface area contributed by atoms with Gasteiger partial charge in [-0.2, -0.15) is 4.98 Å². The minimum absolute atomic E-state index is 0.0256. The topological polar surface area (TPSA) is 107 Å². The third kappa shape index (κ3) is 4.89. The van der Waals surface area contributed by atoms with Crippen molar-refractivity contribution < 1.29 is 17.9 Å². The zero-order chi connectivity index (χ0) is 18.6. The van der Waals surface area contributed by atoms with Gasteiger partial charge in [0, 0.05) is 13.1 Å². The lowest BCUT2D eigenvalue weighted by molar-refractivity contribution is -0.0334. The molecule has 4 heterocycles. The van der Waals surface area contributed by atoms with Gasteiger partial charge in [0.1, 0.15) is 17.4 Å². The van der Waals surface area contributed by atoms with Crippen LogP contribution in [0.1, 0.15) is 0 Å². The highest BCUT2D eigenvalue weighted by atomic mass is 35.5. The predicted molar refractivity (Wildman–Crippen MR) is 97.7 cm³/mol. The first-order valence-electron chi connectivity index (χ1n) is 7.91. The smallest absolute Gasteiger partial charge is 0.225 e. The molecule has 0 aliphatic carbocycles. The third-order valence-electron chi connectivity index (χ3n) is 3.78. The van der Waals surface area contributed by atoms with Crippen LogP contribution < -0.4 is 4.90 Å². The van der Waals surface area contributed by atoms with E-state index in [-0.39, 0.29) is 21.9 Å². The monoisotopic (exact) mass is 421 g/mol. The largest absolute Gasteiger partial charge is 0.377 e. The second kappa shape index (κ2) is 8.57. The Morgan fingerprint density at radius 1 is 0.923 bits per heavy atom. The zero-order valence-corrected chi connectivity index (χ0v) is 16.1. The highest BCUT2D eigenvalue weighted by Crippen LogP contribution is 2.27. The number of aromatic nitrogens is 4. The maximum atomic E-state index is 11.5. The Bertz CT molecular complexity index is 854. The second-order valence-electron chi connectivity index (χ2n) is 5.54. The maximum Gasteiger partial charge on any atom is 0.225 e. The molecule has 9 nitrogen and oxygen atoms in total. The van der Waals surface area contributed by atoms with E-state index in [1.54, 1.807) is 0 Å². The Kier molecular flexibility index (Phi) is 6.41. The maximum absolute atomic E-state index is 11.5. The van der Waals surface area contributed by atoms with Crippen LogP contribution in [0.15, 0.2) is 6.33 Å². The molecule has 2 aromatic rings. The van der Waals surface area contributed by atoms with Gasteiger partial charge >= 0.3 is 0 Å². The summed E-state index contributed by atoms with van der Waals surface area (Å²) in [6, 6.07) is 0. The van der Waals surface area contributed by atoms with Gasteiger partial charge in [-0.25, -0.2) is 23.4 Å². The Morgan fingerprint density at radius 3 is 2.12 bits per heavy atom. The molecule has 2 aliphatic rings. The minimum atomic E-state index is -2.97. The van der Waals surface area contributed by atoms with E-state index < -0.39 is 9.84 Å². The molecule has 26 heavy (non-hydrogen) atoms. The molecular weight excluding hydrogens is 405 g/mol. The quantitative estimate of drug-likeness (QED) is 0.491. The van der Waals surface area contributed by atoms with Gasteiger partial charge in [-0.3, -0.25) is 0 Å². The summed E-state index contributed by atoms with van der Waals surface area (Å²) in [6.45, 7) is 3.79. The second-order valence-corrected chi connectivity index (χ2v) is 8.54. The normalized spacial score (nSPS) is 19.7. The molecule has 0 aromatic carbocycles. The van der Waals surface area contributed by atoms with Gasteiger partial charge in [0.2, 0.25) is 5.28 Å².